The minimum atomic E-state index is -4.65. The molecule has 2 aliphatic carbocycles. The van der Waals surface area contributed by atoms with E-state index in [4.69, 9.17) is 0 Å². The normalized spacial score (nSPS) is 21.4. The Balaban J connectivity index is 1.39. The van der Waals surface area contributed by atoms with E-state index in [0.29, 0.717) is 35.1 Å². The van der Waals surface area contributed by atoms with Gasteiger partial charge in [-0.2, -0.15) is 18.3 Å². The Morgan fingerprint density at radius 3 is 2.50 bits per heavy atom. The second-order valence-electron chi connectivity index (χ2n) is 12.1. The van der Waals surface area contributed by atoms with E-state index in [2.05, 4.69) is 26.7 Å². The van der Waals surface area contributed by atoms with Crippen molar-refractivity contribution in [2.45, 2.75) is 69.3 Å². The van der Waals surface area contributed by atoms with Gasteiger partial charge in [-0.05, 0) is 80.3 Å². The maximum atomic E-state index is 15.8. The number of likely N-dealkylation sites (tertiary alicyclic amines) is 1. The van der Waals surface area contributed by atoms with Gasteiger partial charge in [-0.3, -0.25) is 18.9 Å². The first kappa shape index (κ1) is 28.5. The summed E-state index contributed by atoms with van der Waals surface area (Å²) in [6.07, 6.45) is 3.06. The quantitative estimate of drug-likeness (QED) is 0.124. The van der Waals surface area contributed by atoms with Crippen LogP contribution in [0.15, 0.2) is 75.0 Å². The third-order valence-corrected chi connectivity index (χ3v) is 9.62. The Morgan fingerprint density at radius 2 is 1.88 bits per heavy atom. The Bertz CT molecular complexity index is 1640. The SMILES string of the molecule is C=C(N=NC=NC)[C@H](F)C1(c2cccc(-n3cc4c(C(F)(F)F)cc([C@H](C)N5CCC6(CC6)C5)cn4c3=O)c2)CCC1. The number of pyridine rings is 1. The molecule has 0 radical (unpaired) electrons. The molecule has 1 aliphatic heterocycles. The van der Waals surface area contributed by atoms with Crippen molar-refractivity contribution in [3.05, 3.63) is 82.2 Å². The third-order valence-electron chi connectivity index (χ3n) is 9.62. The first-order valence-electron chi connectivity index (χ1n) is 14.3. The van der Waals surface area contributed by atoms with E-state index in [1.165, 1.54) is 49.3 Å². The standard InChI is InChI=1S/C31H34F4N6O/c1-20(38-37-19-36-3)27(32)30(8-5-9-30)23-6-4-7-24(15-23)40-17-26-25(31(33,34)35)14-22(16-41(26)28(40)42)21(2)39-13-12-29(18-39)10-11-29/h4,6-7,14-17,19,21,27H,1,5,8-13,18H2,2-3H3/t21-,27-/m0/s1. The molecule has 3 aliphatic rings. The maximum absolute atomic E-state index is 15.8. The molecular weight excluding hydrogens is 548 g/mol. The smallest absolute Gasteiger partial charge is 0.296 e. The minimum Gasteiger partial charge on any atom is -0.296 e. The van der Waals surface area contributed by atoms with Crippen molar-refractivity contribution in [3.63, 3.8) is 0 Å². The maximum Gasteiger partial charge on any atom is 0.418 e. The molecule has 3 heterocycles. The summed E-state index contributed by atoms with van der Waals surface area (Å²) >= 11 is 0. The highest BCUT2D eigenvalue weighted by Crippen LogP contribution is 2.54. The van der Waals surface area contributed by atoms with Crippen LogP contribution in [-0.4, -0.2) is 46.5 Å². The van der Waals surface area contributed by atoms with Crippen LogP contribution < -0.4 is 5.69 Å². The number of alkyl halides is 4. The van der Waals surface area contributed by atoms with Crippen molar-refractivity contribution in [2.24, 2.45) is 20.6 Å². The molecule has 3 fully saturated rings. The first-order valence-corrected chi connectivity index (χ1v) is 14.3. The number of benzene rings is 1. The van der Waals surface area contributed by atoms with Crippen LogP contribution in [0.3, 0.4) is 0 Å². The average Bonchev–Trinajstić information content (AvgIpc) is 3.43. The lowest BCUT2D eigenvalue weighted by Gasteiger charge is -2.44. The molecule has 1 aromatic carbocycles. The van der Waals surface area contributed by atoms with Crippen molar-refractivity contribution in [3.8, 4) is 5.69 Å². The number of halogens is 4. The molecule has 3 aromatic rings. The molecule has 7 nitrogen and oxygen atoms in total. The molecule has 0 unspecified atom stereocenters. The molecule has 6 rings (SSSR count). The molecule has 2 aromatic heterocycles. The summed E-state index contributed by atoms with van der Waals surface area (Å²) in [5.41, 5.74) is -0.850. The van der Waals surface area contributed by atoms with Gasteiger partial charge in [0, 0.05) is 37.4 Å². The number of imidazole rings is 1. The summed E-state index contributed by atoms with van der Waals surface area (Å²) in [6.45, 7) is 7.36. The number of rotatable bonds is 8. The lowest BCUT2D eigenvalue weighted by Crippen LogP contribution is -2.44. The van der Waals surface area contributed by atoms with Crippen LogP contribution in [0.25, 0.3) is 11.2 Å². The fourth-order valence-electron chi connectivity index (χ4n) is 6.68. The second kappa shape index (κ2) is 10.3. The number of hydrogen-bond acceptors (Lipinski definition) is 4. The van der Waals surface area contributed by atoms with Crippen LogP contribution in [0, 0.1) is 5.41 Å². The number of nitrogens with zero attached hydrogens (tertiary/aromatic N) is 6. The van der Waals surface area contributed by atoms with E-state index in [1.54, 1.807) is 24.3 Å². The third kappa shape index (κ3) is 4.81. The number of allylic oxidation sites excluding steroid dienone is 1. The van der Waals surface area contributed by atoms with Crippen LogP contribution in [0.2, 0.25) is 0 Å². The largest absolute Gasteiger partial charge is 0.418 e. The van der Waals surface area contributed by atoms with Crippen LogP contribution in [0.4, 0.5) is 17.6 Å². The highest BCUT2D eigenvalue weighted by Gasteiger charge is 2.49. The predicted molar refractivity (Wildman–Crippen MR) is 153 cm³/mol. The van der Waals surface area contributed by atoms with Crippen molar-refractivity contribution in [1.29, 1.82) is 0 Å². The zero-order valence-corrected chi connectivity index (χ0v) is 23.7. The van der Waals surface area contributed by atoms with E-state index in [0.717, 1.165) is 30.3 Å². The highest BCUT2D eigenvalue weighted by molar-refractivity contribution is 5.58. The van der Waals surface area contributed by atoms with Gasteiger partial charge in [-0.25, -0.2) is 9.18 Å². The molecule has 11 heteroatoms. The lowest BCUT2D eigenvalue weighted by atomic mass is 9.61. The van der Waals surface area contributed by atoms with Gasteiger partial charge in [0.1, 0.15) is 6.34 Å². The Morgan fingerprint density at radius 1 is 1.12 bits per heavy atom. The number of hydrogen-bond donors (Lipinski definition) is 0. The van der Waals surface area contributed by atoms with Crippen LogP contribution in [0.1, 0.15) is 68.2 Å². The zero-order valence-electron chi connectivity index (χ0n) is 23.7. The number of aliphatic imine (C=N–C) groups is 1. The molecule has 222 valence electrons. The van der Waals surface area contributed by atoms with Crippen molar-refractivity contribution in [1.82, 2.24) is 13.9 Å². The van der Waals surface area contributed by atoms with E-state index in [-0.39, 0.29) is 17.3 Å². The van der Waals surface area contributed by atoms with Gasteiger partial charge in [0.15, 0.2) is 6.17 Å². The highest BCUT2D eigenvalue weighted by atomic mass is 19.4. The van der Waals surface area contributed by atoms with Crippen LogP contribution in [0.5, 0.6) is 0 Å². The molecular formula is C31H34F4N6O. The molecule has 0 bridgehead atoms. The van der Waals surface area contributed by atoms with Crippen molar-refractivity contribution < 1.29 is 17.6 Å². The van der Waals surface area contributed by atoms with E-state index < -0.39 is 29.0 Å². The average molecular weight is 583 g/mol. The Labute approximate surface area is 241 Å². The Kier molecular flexibility index (Phi) is 6.99. The zero-order chi connectivity index (χ0) is 29.9. The summed E-state index contributed by atoms with van der Waals surface area (Å²) in [5.74, 6) is 0. The van der Waals surface area contributed by atoms with E-state index >= 15 is 4.39 Å². The van der Waals surface area contributed by atoms with Gasteiger partial charge in [0.05, 0.1) is 22.5 Å². The van der Waals surface area contributed by atoms with Gasteiger partial charge in [-0.1, -0.05) is 25.1 Å². The van der Waals surface area contributed by atoms with Gasteiger partial charge in [0.25, 0.3) is 0 Å². The molecule has 1 saturated heterocycles. The fraction of sp³-hybridized carbons (Fsp3) is 0.484. The second-order valence-corrected chi connectivity index (χ2v) is 12.1. The molecule has 2 atom stereocenters. The number of azo groups is 1. The minimum absolute atomic E-state index is 0.0335. The van der Waals surface area contributed by atoms with Crippen molar-refractivity contribution in [2.75, 3.05) is 20.1 Å². The van der Waals surface area contributed by atoms with Gasteiger partial charge in [-0.15, -0.1) is 5.11 Å². The molecule has 0 N–H and O–H groups in total. The van der Waals surface area contributed by atoms with Gasteiger partial charge >= 0.3 is 11.9 Å². The van der Waals surface area contributed by atoms with E-state index in [9.17, 15) is 18.0 Å². The van der Waals surface area contributed by atoms with E-state index in [1.807, 2.05) is 6.92 Å². The summed E-state index contributed by atoms with van der Waals surface area (Å²) in [5, 5.41) is 7.55. The monoisotopic (exact) mass is 582 g/mol. The molecule has 1 spiro atoms. The summed E-state index contributed by atoms with van der Waals surface area (Å²) in [4.78, 5) is 19.6. The van der Waals surface area contributed by atoms with Crippen LogP contribution in [-0.2, 0) is 11.6 Å². The Hall–Kier alpha value is -3.60. The molecule has 2 saturated carbocycles. The first-order chi connectivity index (χ1) is 20.0. The fourth-order valence-corrected chi connectivity index (χ4v) is 6.68. The molecule has 0 amide bonds. The summed E-state index contributed by atoms with van der Waals surface area (Å²) < 4.78 is 61.1. The van der Waals surface area contributed by atoms with Crippen molar-refractivity contribution >= 4 is 11.9 Å². The topological polar surface area (TPSA) is 66.7 Å². The number of fused-ring (bicyclic) bond motifs is 1. The van der Waals surface area contributed by atoms with Crippen LogP contribution >= 0.6 is 0 Å². The van der Waals surface area contributed by atoms with Gasteiger partial charge < -0.3 is 0 Å². The predicted octanol–water partition coefficient (Wildman–Crippen LogP) is 7.04. The molecule has 42 heavy (non-hydrogen) atoms. The summed E-state index contributed by atoms with van der Waals surface area (Å²) in [7, 11) is 1.52. The lowest BCUT2D eigenvalue weighted by molar-refractivity contribution is -0.136. The summed E-state index contributed by atoms with van der Waals surface area (Å²) in [6, 6.07) is 7.71. The van der Waals surface area contributed by atoms with Gasteiger partial charge in [0.2, 0.25) is 0 Å². The number of aromatic nitrogens is 2.